The highest BCUT2D eigenvalue weighted by molar-refractivity contribution is 6.08. The van der Waals surface area contributed by atoms with Gasteiger partial charge < -0.3 is 14.8 Å². The number of aromatic carboxylic acids is 1. The lowest BCUT2D eigenvalue weighted by Gasteiger charge is -2.16. The summed E-state index contributed by atoms with van der Waals surface area (Å²) in [5, 5.41) is 9.54. The lowest BCUT2D eigenvalue weighted by atomic mass is 9.92. The SMILES string of the molecule is COC(=O)c1c(-c2ccc(F)cc2)[nH]c(=O)c(C(=O)O)c1-c1ccc(F)cc1. The van der Waals surface area contributed by atoms with Crippen LogP contribution in [-0.4, -0.2) is 29.1 Å². The van der Waals surface area contributed by atoms with Gasteiger partial charge in [-0.3, -0.25) is 4.79 Å². The molecule has 0 amide bonds. The van der Waals surface area contributed by atoms with Gasteiger partial charge in [-0.05, 0) is 47.5 Å². The van der Waals surface area contributed by atoms with Crippen LogP contribution in [0.1, 0.15) is 20.7 Å². The van der Waals surface area contributed by atoms with Crippen LogP contribution in [0.25, 0.3) is 22.4 Å². The largest absolute Gasteiger partial charge is 0.477 e. The number of hydrogen-bond acceptors (Lipinski definition) is 4. The number of carbonyl (C=O) groups excluding carboxylic acids is 1. The Balaban J connectivity index is 2.47. The van der Waals surface area contributed by atoms with E-state index in [1.165, 1.54) is 24.3 Å². The zero-order chi connectivity index (χ0) is 20.4. The maximum atomic E-state index is 13.3. The smallest absolute Gasteiger partial charge is 0.342 e. The molecule has 3 aromatic rings. The van der Waals surface area contributed by atoms with Crippen molar-refractivity contribution in [2.45, 2.75) is 0 Å². The van der Waals surface area contributed by atoms with Crippen molar-refractivity contribution in [2.24, 2.45) is 0 Å². The third kappa shape index (κ3) is 3.39. The molecular weight excluding hydrogens is 372 g/mol. The van der Waals surface area contributed by atoms with Crippen molar-refractivity contribution in [3.8, 4) is 22.4 Å². The van der Waals surface area contributed by atoms with Crippen molar-refractivity contribution in [1.82, 2.24) is 4.98 Å². The molecule has 0 aliphatic heterocycles. The number of rotatable bonds is 4. The summed E-state index contributed by atoms with van der Waals surface area (Å²) < 4.78 is 31.4. The molecule has 142 valence electrons. The molecule has 2 N–H and O–H groups in total. The van der Waals surface area contributed by atoms with Crippen LogP contribution in [-0.2, 0) is 4.74 Å². The van der Waals surface area contributed by atoms with E-state index in [0.717, 1.165) is 31.4 Å². The average molecular weight is 385 g/mol. The number of esters is 1. The second-order valence-corrected chi connectivity index (χ2v) is 5.76. The normalized spacial score (nSPS) is 10.5. The first-order chi connectivity index (χ1) is 13.3. The van der Waals surface area contributed by atoms with Crippen LogP contribution >= 0.6 is 0 Å². The van der Waals surface area contributed by atoms with Crippen molar-refractivity contribution in [3.63, 3.8) is 0 Å². The van der Waals surface area contributed by atoms with Crippen molar-refractivity contribution in [3.05, 3.63) is 81.6 Å². The Hall–Kier alpha value is -3.81. The molecule has 3 rings (SSSR count). The standard InChI is InChI=1S/C20H13F2NO5/c1-28-20(27)15-14(10-2-6-12(21)7-3-10)16(19(25)26)18(24)23-17(15)11-4-8-13(22)9-5-11/h2-9H,1H3,(H,23,24)(H,25,26). The number of carboxylic acid groups (broad SMARTS) is 1. The second-order valence-electron chi connectivity index (χ2n) is 5.76. The molecule has 0 aliphatic rings. The second kappa shape index (κ2) is 7.43. The lowest BCUT2D eigenvalue weighted by molar-refractivity contribution is 0.0602. The third-order valence-corrected chi connectivity index (χ3v) is 4.08. The van der Waals surface area contributed by atoms with Gasteiger partial charge in [0.1, 0.15) is 17.2 Å². The maximum Gasteiger partial charge on any atom is 0.342 e. The van der Waals surface area contributed by atoms with Crippen molar-refractivity contribution in [1.29, 1.82) is 0 Å². The summed E-state index contributed by atoms with van der Waals surface area (Å²) in [4.78, 5) is 39.2. The van der Waals surface area contributed by atoms with Gasteiger partial charge in [-0.25, -0.2) is 18.4 Å². The third-order valence-electron chi connectivity index (χ3n) is 4.08. The number of halogens is 2. The summed E-state index contributed by atoms with van der Waals surface area (Å²) in [6, 6.07) is 9.52. The minimum atomic E-state index is -1.57. The number of ether oxygens (including phenoxy) is 1. The number of aromatic amines is 1. The van der Waals surface area contributed by atoms with E-state index in [9.17, 15) is 28.3 Å². The van der Waals surface area contributed by atoms with Crippen LogP contribution in [0.4, 0.5) is 8.78 Å². The molecule has 0 unspecified atom stereocenters. The molecule has 0 radical (unpaired) electrons. The highest BCUT2D eigenvalue weighted by atomic mass is 19.1. The number of methoxy groups -OCH3 is 1. The predicted molar refractivity (Wildman–Crippen MR) is 96.1 cm³/mol. The Morgan fingerprint density at radius 3 is 1.86 bits per heavy atom. The number of aromatic nitrogens is 1. The van der Waals surface area contributed by atoms with E-state index in [1.54, 1.807) is 0 Å². The van der Waals surface area contributed by atoms with E-state index >= 15 is 0 Å². The Morgan fingerprint density at radius 1 is 0.893 bits per heavy atom. The topological polar surface area (TPSA) is 96.5 Å². The lowest BCUT2D eigenvalue weighted by Crippen LogP contribution is -2.24. The Labute approximate surface area is 157 Å². The summed E-state index contributed by atoms with van der Waals surface area (Å²) in [5.41, 5.74) is -1.77. The number of carboxylic acids is 1. The molecule has 2 aromatic carbocycles. The zero-order valence-corrected chi connectivity index (χ0v) is 14.5. The van der Waals surface area contributed by atoms with Crippen LogP contribution in [0, 0.1) is 11.6 Å². The summed E-state index contributed by atoms with van der Waals surface area (Å²) >= 11 is 0. The van der Waals surface area contributed by atoms with Crippen molar-refractivity contribution >= 4 is 11.9 Å². The quantitative estimate of drug-likeness (QED) is 0.671. The van der Waals surface area contributed by atoms with Crippen LogP contribution in [0.15, 0.2) is 53.3 Å². The minimum absolute atomic E-state index is 0.0406. The minimum Gasteiger partial charge on any atom is -0.477 e. The Bertz CT molecular complexity index is 1120. The Kier molecular flexibility index (Phi) is 5.04. The van der Waals surface area contributed by atoms with E-state index in [1.807, 2.05) is 0 Å². The van der Waals surface area contributed by atoms with Gasteiger partial charge in [-0.1, -0.05) is 12.1 Å². The number of H-pyrrole nitrogens is 1. The first-order valence-corrected chi connectivity index (χ1v) is 7.97. The first kappa shape index (κ1) is 19.0. The molecule has 28 heavy (non-hydrogen) atoms. The van der Waals surface area contributed by atoms with Crippen LogP contribution in [0.3, 0.4) is 0 Å². The molecule has 0 fully saturated rings. The fourth-order valence-corrected chi connectivity index (χ4v) is 2.85. The van der Waals surface area contributed by atoms with E-state index in [4.69, 9.17) is 4.74 Å². The highest BCUT2D eigenvalue weighted by Crippen LogP contribution is 2.33. The number of nitrogens with one attached hydrogen (secondary N) is 1. The van der Waals surface area contributed by atoms with Gasteiger partial charge in [-0.15, -0.1) is 0 Å². The van der Waals surface area contributed by atoms with Gasteiger partial charge in [0.15, 0.2) is 0 Å². The molecule has 0 bridgehead atoms. The van der Waals surface area contributed by atoms with Crippen LogP contribution < -0.4 is 5.56 Å². The molecule has 1 heterocycles. The van der Waals surface area contributed by atoms with Gasteiger partial charge in [-0.2, -0.15) is 0 Å². The van der Waals surface area contributed by atoms with Gasteiger partial charge in [0, 0.05) is 5.56 Å². The molecule has 0 aliphatic carbocycles. The van der Waals surface area contributed by atoms with Crippen molar-refractivity contribution in [2.75, 3.05) is 7.11 Å². The summed E-state index contributed by atoms with van der Waals surface area (Å²) in [6.45, 7) is 0. The van der Waals surface area contributed by atoms with Gasteiger partial charge in [0.05, 0.1) is 18.4 Å². The fourth-order valence-electron chi connectivity index (χ4n) is 2.85. The van der Waals surface area contributed by atoms with E-state index < -0.39 is 34.7 Å². The Morgan fingerprint density at radius 2 is 1.39 bits per heavy atom. The number of hydrogen-bond donors (Lipinski definition) is 2. The predicted octanol–water partition coefficient (Wildman–Crippen LogP) is 3.47. The highest BCUT2D eigenvalue weighted by Gasteiger charge is 2.28. The summed E-state index contributed by atoms with van der Waals surface area (Å²) in [5.74, 6) is -3.61. The van der Waals surface area contributed by atoms with Crippen LogP contribution in [0.5, 0.6) is 0 Å². The van der Waals surface area contributed by atoms with E-state index in [0.29, 0.717) is 0 Å². The molecule has 1 aromatic heterocycles. The van der Waals surface area contributed by atoms with Crippen molar-refractivity contribution < 1.29 is 28.2 Å². The van der Waals surface area contributed by atoms with E-state index in [2.05, 4.69) is 4.98 Å². The monoisotopic (exact) mass is 385 g/mol. The van der Waals surface area contributed by atoms with Crippen LogP contribution in [0.2, 0.25) is 0 Å². The molecule has 0 atom stereocenters. The number of pyridine rings is 1. The molecule has 0 saturated carbocycles. The number of benzene rings is 2. The maximum absolute atomic E-state index is 13.3. The fraction of sp³-hybridized carbons (Fsp3) is 0.0500. The molecule has 8 heteroatoms. The summed E-state index contributed by atoms with van der Waals surface area (Å²) in [7, 11) is 1.09. The molecule has 0 saturated heterocycles. The first-order valence-electron chi connectivity index (χ1n) is 7.97. The van der Waals surface area contributed by atoms with Gasteiger partial charge in [0.25, 0.3) is 5.56 Å². The molecule has 6 nitrogen and oxygen atoms in total. The average Bonchev–Trinajstić information content (AvgIpc) is 2.67. The number of carbonyl (C=O) groups is 2. The zero-order valence-electron chi connectivity index (χ0n) is 14.5. The van der Waals surface area contributed by atoms with Gasteiger partial charge >= 0.3 is 11.9 Å². The molecular formula is C20H13F2NO5. The van der Waals surface area contributed by atoms with E-state index in [-0.39, 0.29) is 27.9 Å². The summed E-state index contributed by atoms with van der Waals surface area (Å²) in [6.07, 6.45) is 0. The molecule has 0 spiro atoms. The van der Waals surface area contributed by atoms with Gasteiger partial charge in [0.2, 0.25) is 0 Å².